The summed E-state index contributed by atoms with van der Waals surface area (Å²) in [6.45, 7) is 1.85. The average molecular weight is 311 g/mol. The summed E-state index contributed by atoms with van der Waals surface area (Å²) in [6, 6.07) is 5.35. The van der Waals surface area contributed by atoms with Crippen molar-refractivity contribution in [3.63, 3.8) is 0 Å². The number of hydrogen-bond donors (Lipinski definition) is 2. The molecule has 1 aromatic carbocycles. The lowest BCUT2D eigenvalue weighted by Gasteiger charge is -2.08. The van der Waals surface area contributed by atoms with Crippen molar-refractivity contribution in [1.82, 2.24) is 4.98 Å². The Morgan fingerprint density at radius 2 is 2.15 bits per heavy atom. The number of nitrogens with two attached hydrogens (primary N) is 1. The van der Waals surface area contributed by atoms with E-state index >= 15 is 0 Å². The number of nitrogens with one attached hydrogen (secondary N) is 1. The number of rotatable bonds is 3. The van der Waals surface area contributed by atoms with Crippen molar-refractivity contribution < 1.29 is 4.79 Å². The highest BCUT2D eigenvalue weighted by atomic mass is 35.5. The third-order valence-corrected chi connectivity index (χ3v) is 4.39. The molecule has 0 unspecified atom stereocenters. The quantitative estimate of drug-likeness (QED) is 0.914. The van der Waals surface area contributed by atoms with Crippen LogP contribution in [0.15, 0.2) is 18.2 Å². The largest absolute Gasteiger partial charge is 0.382 e. The molecule has 7 heteroatoms. The highest BCUT2D eigenvalue weighted by Gasteiger charge is 2.18. The zero-order valence-corrected chi connectivity index (χ0v) is 13.0. The molecular weight excluding hydrogens is 296 g/mol. The minimum atomic E-state index is -0.279. The Morgan fingerprint density at radius 3 is 2.75 bits per heavy atom. The maximum Gasteiger partial charge on any atom is 0.269 e. The second-order valence-corrected chi connectivity index (χ2v) is 5.86. The number of amides is 1. The molecule has 106 valence electrons. The summed E-state index contributed by atoms with van der Waals surface area (Å²) in [5, 5.41) is 4.10. The molecule has 0 bridgehead atoms. The topological polar surface area (TPSA) is 71.2 Å². The molecule has 0 atom stereocenters. The molecule has 2 aromatic rings. The molecule has 1 heterocycles. The molecule has 5 nitrogen and oxygen atoms in total. The van der Waals surface area contributed by atoms with Crippen molar-refractivity contribution in [3.05, 3.63) is 33.7 Å². The van der Waals surface area contributed by atoms with Crippen LogP contribution < -0.4 is 16.0 Å². The van der Waals surface area contributed by atoms with Gasteiger partial charge in [-0.3, -0.25) is 4.79 Å². The van der Waals surface area contributed by atoms with E-state index in [-0.39, 0.29) is 11.7 Å². The van der Waals surface area contributed by atoms with Gasteiger partial charge in [-0.25, -0.2) is 4.98 Å². The molecule has 0 aliphatic rings. The molecule has 0 fully saturated rings. The van der Waals surface area contributed by atoms with E-state index in [1.165, 1.54) is 11.3 Å². The number of hydrogen-bond acceptors (Lipinski definition) is 5. The number of carbonyl (C=O) groups excluding carboxylic acids is 1. The number of anilines is 3. The van der Waals surface area contributed by atoms with Gasteiger partial charge in [0.25, 0.3) is 5.91 Å². The van der Waals surface area contributed by atoms with Crippen LogP contribution >= 0.6 is 22.9 Å². The molecule has 20 heavy (non-hydrogen) atoms. The van der Waals surface area contributed by atoms with Crippen molar-refractivity contribution in [1.29, 1.82) is 0 Å². The van der Waals surface area contributed by atoms with Gasteiger partial charge in [-0.2, -0.15) is 0 Å². The van der Waals surface area contributed by atoms with E-state index < -0.39 is 0 Å². The number of nitrogens with zero attached hydrogens (tertiary/aromatic N) is 2. The third-order valence-electron chi connectivity index (χ3n) is 2.75. The number of thiazole rings is 1. The first-order chi connectivity index (χ1) is 9.40. The SMILES string of the molecule is Cc1c(Cl)cccc1NC(=O)c1sc(N(C)C)nc1N. The van der Waals surface area contributed by atoms with Crippen LogP contribution in [0.2, 0.25) is 5.02 Å². The molecule has 3 N–H and O–H groups in total. The van der Waals surface area contributed by atoms with Crippen LogP contribution in [0.3, 0.4) is 0 Å². The summed E-state index contributed by atoms with van der Waals surface area (Å²) >= 11 is 7.28. The van der Waals surface area contributed by atoms with Crippen LogP contribution in [0.5, 0.6) is 0 Å². The first-order valence-electron chi connectivity index (χ1n) is 5.90. The van der Waals surface area contributed by atoms with Crippen LogP contribution in [-0.4, -0.2) is 25.0 Å². The summed E-state index contributed by atoms with van der Waals surface area (Å²) in [6.07, 6.45) is 0. The molecule has 0 radical (unpaired) electrons. The number of carbonyl (C=O) groups is 1. The Balaban J connectivity index is 2.26. The summed E-state index contributed by atoms with van der Waals surface area (Å²) in [4.78, 5) is 18.6. The Hall–Kier alpha value is -1.79. The van der Waals surface area contributed by atoms with Crippen molar-refractivity contribution in [2.75, 3.05) is 30.0 Å². The van der Waals surface area contributed by atoms with E-state index in [0.29, 0.717) is 20.7 Å². The van der Waals surface area contributed by atoms with Crippen molar-refractivity contribution in [2.24, 2.45) is 0 Å². The molecular formula is C13H15ClN4OS. The van der Waals surface area contributed by atoms with E-state index in [1.54, 1.807) is 18.2 Å². The maximum absolute atomic E-state index is 12.3. The van der Waals surface area contributed by atoms with Gasteiger partial charge in [-0.05, 0) is 24.6 Å². The standard InChI is InChI=1S/C13H15ClN4OS/c1-7-8(14)5-4-6-9(7)16-12(19)10-11(15)17-13(20-10)18(2)3/h4-6H,15H2,1-3H3,(H,16,19). The minimum absolute atomic E-state index is 0.232. The maximum atomic E-state index is 12.3. The van der Waals surface area contributed by atoms with Crippen LogP contribution in [0.25, 0.3) is 0 Å². The lowest BCUT2D eigenvalue weighted by atomic mass is 10.2. The average Bonchev–Trinajstić information content (AvgIpc) is 2.77. The van der Waals surface area contributed by atoms with E-state index in [9.17, 15) is 4.79 Å². The number of benzene rings is 1. The first-order valence-corrected chi connectivity index (χ1v) is 7.09. The number of nitrogen functional groups attached to an aromatic ring is 1. The molecule has 1 aromatic heterocycles. The van der Waals surface area contributed by atoms with Gasteiger partial charge in [-0.1, -0.05) is 29.0 Å². The van der Waals surface area contributed by atoms with Gasteiger partial charge < -0.3 is 16.0 Å². The number of halogens is 1. The van der Waals surface area contributed by atoms with Gasteiger partial charge in [0.1, 0.15) is 10.7 Å². The molecule has 0 saturated heterocycles. The molecule has 0 aliphatic heterocycles. The fraction of sp³-hybridized carbons (Fsp3) is 0.231. The second-order valence-electron chi connectivity index (χ2n) is 4.47. The predicted molar refractivity (Wildman–Crippen MR) is 85.0 cm³/mol. The number of aromatic nitrogens is 1. The summed E-state index contributed by atoms with van der Waals surface area (Å²) in [5.41, 5.74) is 7.27. The van der Waals surface area contributed by atoms with E-state index in [1.807, 2.05) is 25.9 Å². The van der Waals surface area contributed by atoms with Crippen LogP contribution in [0.4, 0.5) is 16.6 Å². The van der Waals surface area contributed by atoms with Gasteiger partial charge >= 0.3 is 0 Å². The fourth-order valence-corrected chi connectivity index (χ4v) is 2.57. The van der Waals surface area contributed by atoms with Crippen molar-refractivity contribution in [3.8, 4) is 0 Å². The van der Waals surface area contributed by atoms with E-state index in [0.717, 1.165) is 5.56 Å². The Bertz CT molecular complexity index is 654. The van der Waals surface area contributed by atoms with Gasteiger partial charge in [0.2, 0.25) is 0 Å². The fourth-order valence-electron chi connectivity index (χ4n) is 1.60. The van der Waals surface area contributed by atoms with Crippen molar-refractivity contribution >= 4 is 45.5 Å². The van der Waals surface area contributed by atoms with E-state index in [2.05, 4.69) is 10.3 Å². The predicted octanol–water partition coefficient (Wildman–Crippen LogP) is 3.01. The smallest absolute Gasteiger partial charge is 0.269 e. The highest BCUT2D eigenvalue weighted by molar-refractivity contribution is 7.18. The Labute approximate surface area is 126 Å². The van der Waals surface area contributed by atoms with Crippen LogP contribution in [-0.2, 0) is 0 Å². The molecule has 1 amide bonds. The lowest BCUT2D eigenvalue weighted by Crippen LogP contribution is -2.13. The summed E-state index contributed by atoms with van der Waals surface area (Å²) in [5.74, 6) is -0.0469. The lowest BCUT2D eigenvalue weighted by molar-refractivity contribution is 0.103. The minimum Gasteiger partial charge on any atom is -0.382 e. The summed E-state index contributed by atoms with van der Waals surface area (Å²) in [7, 11) is 3.70. The second kappa shape index (κ2) is 5.68. The molecule has 2 rings (SSSR count). The third kappa shape index (κ3) is 2.86. The van der Waals surface area contributed by atoms with Crippen molar-refractivity contribution in [2.45, 2.75) is 6.92 Å². The van der Waals surface area contributed by atoms with Crippen LogP contribution in [0, 0.1) is 6.92 Å². The first kappa shape index (κ1) is 14.6. The van der Waals surface area contributed by atoms with Gasteiger partial charge in [0, 0.05) is 24.8 Å². The Morgan fingerprint density at radius 1 is 1.45 bits per heavy atom. The normalized spacial score (nSPS) is 10.4. The molecule has 0 saturated carbocycles. The zero-order valence-electron chi connectivity index (χ0n) is 11.4. The van der Waals surface area contributed by atoms with Gasteiger partial charge in [-0.15, -0.1) is 0 Å². The van der Waals surface area contributed by atoms with Gasteiger partial charge in [0.05, 0.1) is 0 Å². The van der Waals surface area contributed by atoms with Gasteiger partial charge in [0.15, 0.2) is 5.13 Å². The zero-order chi connectivity index (χ0) is 14.9. The molecule has 0 aliphatic carbocycles. The highest BCUT2D eigenvalue weighted by Crippen LogP contribution is 2.29. The van der Waals surface area contributed by atoms with E-state index in [4.69, 9.17) is 17.3 Å². The monoisotopic (exact) mass is 310 g/mol. The Kier molecular flexibility index (Phi) is 4.15. The molecule has 0 spiro atoms. The summed E-state index contributed by atoms with van der Waals surface area (Å²) < 4.78 is 0. The van der Waals surface area contributed by atoms with Crippen LogP contribution in [0.1, 0.15) is 15.2 Å².